The van der Waals surface area contributed by atoms with Crippen molar-refractivity contribution in [2.75, 3.05) is 13.1 Å². The number of carbonyl (C=O) groups excluding carboxylic acids is 6. The first kappa shape index (κ1) is 42.1. The second-order valence-corrected chi connectivity index (χ2v) is 15.0. The number of nitrogens with one attached hydrogen (secondary N) is 7. The van der Waals surface area contributed by atoms with Crippen molar-refractivity contribution >= 4 is 57.2 Å². The first-order valence-corrected chi connectivity index (χ1v) is 19.8. The SMILES string of the molecule is CC(NC(=O)C(Cc1c[nH]c2ccccc12)NC(=O)C(N)Cc1cnc[nH]1)C(=O)NC(Cc1c[nH]c2ccccc12)C(=O)NC1CCN(C(CCCCN)C(N)=O)C1=O. The Hall–Kier alpha value is -6.53. The van der Waals surface area contributed by atoms with E-state index in [1.165, 1.54) is 18.2 Å². The highest BCUT2D eigenvalue weighted by atomic mass is 16.2. The summed E-state index contributed by atoms with van der Waals surface area (Å²) in [5.41, 5.74) is 21.3. The number of benzene rings is 2. The van der Waals surface area contributed by atoms with Gasteiger partial charge in [0.2, 0.25) is 35.4 Å². The molecule has 2 aromatic carbocycles. The molecule has 5 aromatic rings. The zero-order chi connectivity index (χ0) is 42.1. The number of hydrogen-bond donors (Lipinski definition) is 10. The van der Waals surface area contributed by atoms with Crippen molar-refractivity contribution in [3.8, 4) is 0 Å². The van der Waals surface area contributed by atoms with Crippen LogP contribution in [-0.4, -0.2) is 110 Å². The molecule has 0 bridgehead atoms. The molecule has 3 aromatic heterocycles. The number of amides is 6. The molecule has 4 heterocycles. The molecule has 0 spiro atoms. The number of rotatable bonds is 20. The van der Waals surface area contributed by atoms with Gasteiger partial charge in [0.25, 0.3) is 0 Å². The molecular formula is C41H52N12O6. The van der Waals surface area contributed by atoms with Gasteiger partial charge in [-0.1, -0.05) is 36.4 Å². The molecule has 18 heteroatoms. The molecule has 6 rings (SSSR count). The van der Waals surface area contributed by atoms with Gasteiger partial charge in [0, 0.05) is 71.9 Å². The normalized spacial score (nSPS) is 16.6. The molecule has 13 N–H and O–H groups in total. The van der Waals surface area contributed by atoms with E-state index in [-0.39, 0.29) is 32.2 Å². The maximum Gasteiger partial charge on any atom is 0.245 e. The lowest BCUT2D eigenvalue weighted by Gasteiger charge is -2.26. The summed E-state index contributed by atoms with van der Waals surface area (Å²) in [7, 11) is 0. The van der Waals surface area contributed by atoms with Crippen molar-refractivity contribution in [3.63, 3.8) is 0 Å². The summed E-state index contributed by atoms with van der Waals surface area (Å²) in [6.45, 7) is 2.12. The fourth-order valence-corrected chi connectivity index (χ4v) is 7.49. The van der Waals surface area contributed by atoms with E-state index in [4.69, 9.17) is 17.2 Å². The van der Waals surface area contributed by atoms with Crippen molar-refractivity contribution in [1.29, 1.82) is 0 Å². The molecular weight excluding hydrogens is 757 g/mol. The number of aromatic nitrogens is 4. The molecule has 1 fully saturated rings. The number of para-hydroxylation sites is 2. The minimum Gasteiger partial charge on any atom is -0.368 e. The van der Waals surface area contributed by atoms with E-state index in [0.29, 0.717) is 31.5 Å². The van der Waals surface area contributed by atoms with Gasteiger partial charge in [-0.2, -0.15) is 0 Å². The van der Waals surface area contributed by atoms with Crippen molar-refractivity contribution in [1.82, 2.24) is 46.1 Å². The zero-order valence-corrected chi connectivity index (χ0v) is 32.8. The Labute approximate surface area is 340 Å². The van der Waals surface area contributed by atoms with Crippen molar-refractivity contribution in [3.05, 3.63) is 90.3 Å². The van der Waals surface area contributed by atoms with Crippen LogP contribution in [0.1, 0.15) is 49.4 Å². The van der Waals surface area contributed by atoms with E-state index < -0.39 is 71.7 Å². The Morgan fingerprint density at radius 3 is 2.02 bits per heavy atom. The van der Waals surface area contributed by atoms with Gasteiger partial charge in [-0.3, -0.25) is 28.8 Å². The van der Waals surface area contributed by atoms with Crippen molar-refractivity contribution < 1.29 is 28.8 Å². The number of aromatic amines is 3. The van der Waals surface area contributed by atoms with Crippen LogP contribution in [0.25, 0.3) is 21.8 Å². The van der Waals surface area contributed by atoms with Gasteiger partial charge in [-0.05, 0) is 62.4 Å². The van der Waals surface area contributed by atoms with E-state index in [1.807, 2.05) is 48.5 Å². The lowest BCUT2D eigenvalue weighted by molar-refractivity contribution is -0.139. The van der Waals surface area contributed by atoms with Gasteiger partial charge in [0.15, 0.2) is 0 Å². The highest BCUT2D eigenvalue weighted by Crippen LogP contribution is 2.22. The summed E-state index contributed by atoms with van der Waals surface area (Å²) < 4.78 is 0. The predicted octanol–water partition coefficient (Wildman–Crippen LogP) is -0.0982. The maximum atomic E-state index is 14.0. The Kier molecular flexibility index (Phi) is 13.8. The van der Waals surface area contributed by atoms with Gasteiger partial charge in [-0.15, -0.1) is 0 Å². The third kappa shape index (κ3) is 10.3. The van der Waals surface area contributed by atoms with Crippen LogP contribution in [0, 0.1) is 0 Å². The Morgan fingerprint density at radius 2 is 1.42 bits per heavy atom. The van der Waals surface area contributed by atoms with Crippen LogP contribution >= 0.6 is 0 Å². The summed E-state index contributed by atoms with van der Waals surface area (Å²) >= 11 is 0. The molecule has 1 aliphatic heterocycles. The number of likely N-dealkylation sites (tertiary alicyclic amines) is 1. The molecule has 0 aliphatic carbocycles. The van der Waals surface area contributed by atoms with Crippen LogP contribution in [0.3, 0.4) is 0 Å². The number of nitrogens with zero attached hydrogens (tertiary/aromatic N) is 2. The topological polar surface area (TPSA) is 292 Å². The van der Waals surface area contributed by atoms with Crippen LogP contribution in [0.4, 0.5) is 0 Å². The number of hydrogen-bond acceptors (Lipinski definition) is 9. The largest absolute Gasteiger partial charge is 0.368 e. The molecule has 6 atom stereocenters. The highest BCUT2D eigenvalue weighted by molar-refractivity contribution is 5.98. The second-order valence-electron chi connectivity index (χ2n) is 15.0. The lowest BCUT2D eigenvalue weighted by Crippen LogP contribution is -2.58. The summed E-state index contributed by atoms with van der Waals surface area (Å²) in [4.78, 5) is 95.7. The number of carbonyl (C=O) groups is 6. The number of fused-ring (bicyclic) bond motifs is 2. The maximum absolute atomic E-state index is 14.0. The number of primary amides is 1. The molecule has 1 saturated heterocycles. The average molecular weight is 809 g/mol. The minimum atomic E-state index is -1.18. The molecule has 0 saturated carbocycles. The standard InChI is InChI=1S/C41H52N12O6/c1-23(49-39(57)33(16-24-19-46-30-10-4-2-8-27(24)30)52-38(56)29(43)18-26-21-45-22-48-26)37(55)51-34(17-25-20-47-31-11-5-3-9-28(25)31)40(58)50-32-13-15-53(41(32)59)35(36(44)54)12-6-7-14-42/h2-5,8-11,19-23,29,32-35,46-47H,6-7,12-18,42-43H2,1H3,(H2,44,54)(H,45,48)(H,49,57)(H,50,58)(H,51,55)(H,52,56). The fourth-order valence-electron chi connectivity index (χ4n) is 7.49. The van der Waals surface area contributed by atoms with Crippen LogP contribution in [-0.2, 0) is 48.0 Å². The first-order valence-electron chi connectivity index (χ1n) is 19.8. The molecule has 1 aliphatic rings. The van der Waals surface area contributed by atoms with E-state index in [9.17, 15) is 28.8 Å². The second kappa shape index (κ2) is 19.3. The van der Waals surface area contributed by atoms with Gasteiger partial charge < -0.3 is 58.3 Å². The van der Waals surface area contributed by atoms with E-state index >= 15 is 0 Å². The number of unbranched alkanes of at least 4 members (excludes halogenated alkanes) is 1. The van der Waals surface area contributed by atoms with Gasteiger partial charge in [0.1, 0.15) is 30.2 Å². The molecule has 59 heavy (non-hydrogen) atoms. The number of H-pyrrole nitrogens is 3. The van der Waals surface area contributed by atoms with Gasteiger partial charge >= 0.3 is 0 Å². The van der Waals surface area contributed by atoms with Crippen LogP contribution in [0.2, 0.25) is 0 Å². The summed E-state index contributed by atoms with van der Waals surface area (Å²) in [6.07, 6.45) is 8.68. The third-order valence-electron chi connectivity index (χ3n) is 10.7. The minimum absolute atomic E-state index is 0.0450. The number of nitrogens with two attached hydrogens (primary N) is 3. The third-order valence-corrected chi connectivity index (χ3v) is 10.7. The van der Waals surface area contributed by atoms with Crippen molar-refractivity contribution in [2.24, 2.45) is 17.2 Å². The molecule has 0 radical (unpaired) electrons. The monoisotopic (exact) mass is 808 g/mol. The molecule has 6 unspecified atom stereocenters. The predicted molar refractivity (Wildman–Crippen MR) is 220 cm³/mol. The zero-order valence-electron chi connectivity index (χ0n) is 32.8. The van der Waals surface area contributed by atoms with Crippen molar-refractivity contribution in [2.45, 2.75) is 88.1 Å². The van der Waals surface area contributed by atoms with Gasteiger partial charge in [-0.25, -0.2) is 4.98 Å². The van der Waals surface area contributed by atoms with Gasteiger partial charge in [0.05, 0.1) is 12.4 Å². The van der Waals surface area contributed by atoms with Crippen LogP contribution in [0.5, 0.6) is 0 Å². The Morgan fingerprint density at radius 1 is 0.814 bits per heavy atom. The summed E-state index contributed by atoms with van der Waals surface area (Å²) in [6, 6.07) is 8.75. The van der Waals surface area contributed by atoms with E-state index in [2.05, 4.69) is 41.2 Å². The molecule has 18 nitrogen and oxygen atoms in total. The Balaban J connectivity index is 1.17. The summed E-state index contributed by atoms with van der Waals surface area (Å²) in [5.74, 6) is -3.62. The van der Waals surface area contributed by atoms with Crippen LogP contribution < -0.4 is 38.5 Å². The first-order chi connectivity index (χ1) is 28.4. The van der Waals surface area contributed by atoms with E-state index in [1.54, 1.807) is 18.6 Å². The quantitative estimate of drug-likeness (QED) is 0.0469. The smallest absolute Gasteiger partial charge is 0.245 e. The average Bonchev–Trinajstić information content (AvgIpc) is 4.04. The fraction of sp³-hybridized carbons (Fsp3) is 0.390. The lowest BCUT2D eigenvalue weighted by atomic mass is 10.0. The summed E-state index contributed by atoms with van der Waals surface area (Å²) in [5, 5.41) is 12.7. The molecule has 312 valence electrons. The van der Waals surface area contributed by atoms with Crippen LogP contribution in [0.15, 0.2) is 73.4 Å². The highest BCUT2D eigenvalue weighted by Gasteiger charge is 2.40. The molecule has 6 amide bonds. The number of imidazole rings is 1. The van der Waals surface area contributed by atoms with E-state index in [0.717, 1.165) is 32.9 Å². The Bertz CT molecular complexity index is 2270.